The molecule has 0 heterocycles. The third kappa shape index (κ3) is 2.62. The molecular weight excluding hydrogens is 154 g/mol. The minimum Gasteiger partial charge on any atom is -0.444 e. The summed E-state index contributed by atoms with van der Waals surface area (Å²) < 4.78 is 4.65. The highest BCUT2D eigenvalue weighted by Gasteiger charge is 1.98. The van der Waals surface area contributed by atoms with E-state index in [1.165, 1.54) is 0 Å². The van der Waals surface area contributed by atoms with Crippen LogP contribution in [0.25, 0.3) is 0 Å². The summed E-state index contributed by atoms with van der Waals surface area (Å²) in [6.07, 6.45) is -0.287. The summed E-state index contributed by atoms with van der Waals surface area (Å²) in [4.78, 5) is 9.94. The average molecular weight is 165 g/mol. The zero-order valence-electron chi connectivity index (χ0n) is 6.86. The van der Waals surface area contributed by atoms with Crippen molar-refractivity contribution >= 4 is 12.2 Å². The van der Waals surface area contributed by atoms with Gasteiger partial charge in [-0.2, -0.15) is 0 Å². The zero-order chi connectivity index (χ0) is 8.81. The number of hydrogen-bond donors (Lipinski definition) is 1. The highest BCUT2D eigenvalue weighted by molar-refractivity contribution is 5.44. The van der Waals surface area contributed by atoms with Gasteiger partial charge in [-0.25, -0.2) is 0 Å². The molecule has 1 atom stereocenters. The van der Waals surface area contributed by atoms with E-state index in [1.54, 1.807) is 6.92 Å². The first-order valence-electron chi connectivity index (χ1n) is 3.73. The van der Waals surface area contributed by atoms with Crippen LogP contribution in [0, 0.1) is 0 Å². The van der Waals surface area contributed by atoms with Crippen molar-refractivity contribution in [1.82, 2.24) is 0 Å². The summed E-state index contributed by atoms with van der Waals surface area (Å²) in [5.74, 6) is 0. The van der Waals surface area contributed by atoms with Crippen molar-refractivity contribution in [1.29, 1.82) is 0 Å². The third-order valence-electron chi connectivity index (χ3n) is 1.40. The monoisotopic (exact) mass is 165 g/mol. The van der Waals surface area contributed by atoms with Gasteiger partial charge in [0.25, 0.3) is 6.47 Å². The van der Waals surface area contributed by atoms with E-state index in [-0.39, 0.29) is 6.23 Å². The van der Waals surface area contributed by atoms with E-state index in [0.717, 1.165) is 5.69 Å². The van der Waals surface area contributed by atoms with Gasteiger partial charge < -0.3 is 10.1 Å². The molecule has 1 aromatic carbocycles. The van der Waals surface area contributed by atoms with Crippen molar-refractivity contribution in [3.8, 4) is 0 Å². The molecule has 0 amide bonds. The van der Waals surface area contributed by atoms with Gasteiger partial charge in [0.2, 0.25) is 0 Å². The van der Waals surface area contributed by atoms with Crippen LogP contribution >= 0.6 is 0 Å². The van der Waals surface area contributed by atoms with Crippen LogP contribution in [0.15, 0.2) is 30.3 Å². The number of carbonyl (C=O) groups is 1. The van der Waals surface area contributed by atoms with E-state index in [9.17, 15) is 4.79 Å². The maximum atomic E-state index is 9.94. The van der Waals surface area contributed by atoms with Crippen molar-refractivity contribution in [2.45, 2.75) is 13.2 Å². The Bertz CT molecular complexity index is 236. The van der Waals surface area contributed by atoms with Crippen LogP contribution in [0.2, 0.25) is 0 Å². The number of benzene rings is 1. The maximum absolute atomic E-state index is 9.94. The maximum Gasteiger partial charge on any atom is 0.294 e. The van der Waals surface area contributed by atoms with Crippen molar-refractivity contribution in [3.05, 3.63) is 30.3 Å². The highest BCUT2D eigenvalue weighted by atomic mass is 16.5. The summed E-state index contributed by atoms with van der Waals surface area (Å²) in [5, 5.41) is 2.99. The fraction of sp³-hybridized carbons (Fsp3) is 0.222. The molecule has 0 aliphatic carbocycles. The molecule has 1 N–H and O–H groups in total. The largest absolute Gasteiger partial charge is 0.444 e. The van der Waals surface area contributed by atoms with Crippen molar-refractivity contribution in [3.63, 3.8) is 0 Å². The minimum atomic E-state index is -0.287. The van der Waals surface area contributed by atoms with Gasteiger partial charge in [0.1, 0.15) is 0 Å². The molecule has 1 aromatic rings. The van der Waals surface area contributed by atoms with E-state index in [0.29, 0.717) is 6.47 Å². The first kappa shape index (κ1) is 8.59. The highest BCUT2D eigenvalue weighted by Crippen LogP contribution is 2.06. The first-order valence-corrected chi connectivity index (χ1v) is 3.73. The summed E-state index contributed by atoms with van der Waals surface area (Å²) in [6.45, 7) is 2.20. The Morgan fingerprint density at radius 2 is 2.08 bits per heavy atom. The van der Waals surface area contributed by atoms with Crippen molar-refractivity contribution < 1.29 is 9.53 Å². The van der Waals surface area contributed by atoms with Crippen LogP contribution in [0.1, 0.15) is 6.92 Å². The molecule has 0 bridgehead atoms. The Labute approximate surface area is 71.4 Å². The zero-order valence-corrected chi connectivity index (χ0v) is 6.86. The second-order valence-electron chi connectivity index (χ2n) is 2.38. The second-order valence-corrected chi connectivity index (χ2v) is 2.38. The van der Waals surface area contributed by atoms with Gasteiger partial charge >= 0.3 is 0 Å². The Morgan fingerprint density at radius 3 is 2.67 bits per heavy atom. The molecule has 0 radical (unpaired) electrons. The number of ether oxygens (including phenoxy) is 1. The Hall–Kier alpha value is -1.51. The van der Waals surface area contributed by atoms with Crippen molar-refractivity contribution in [2.75, 3.05) is 5.32 Å². The van der Waals surface area contributed by atoms with Crippen molar-refractivity contribution in [2.24, 2.45) is 0 Å². The lowest BCUT2D eigenvalue weighted by Crippen LogP contribution is -2.17. The van der Waals surface area contributed by atoms with Gasteiger partial charge in [-0.3, -0.25) is 4.79 Å². The Kier molecular flexibility index (Phi) is 3.14. The predicted molar refractivity (Wildman–Crippen MR) is 46.7 cm³/mol. The fourth-order valence-corrected chi connectivity index (χ4v) is 0.886. The fourth-order valence-electron chi connectivity index (χ4n) is 0.886. The average Bonchev–Trinajstić information content (AvgIpc) is 2.06. The Morgan fingerprint density at radius 1 is 1.42 bits per heavy atom. The van der Waals surface area contributed by atoms with Gasteiger partial charge in [0.05, 0.1) is 0 Å². The van der Waals surface area contributed by atoms with E-state index < -0.39 is 0 Å². The first-order chi connectivity index (χ1) is 5.83. The van der Waals surface area contributed by atoms with Gasteiger partial charge in [-0.1, -0.05) is 18.2 Å². The lowest BCUT2D eigenvalue weighted by atomic mass is 10.3. The molecule has 0 aliphatic heterocycles. The molecule has 0 spiro atoms. The van der Waals surface area contributed by atoms with E-state index >= 15 is 0 Å². The van der Waals surface area contributed by atoms with Crippen LogP contribution in [0.5, 0.6) is 0 Å². The van der Waals surface area contributed by atoms with Crippen LogP contribution in [-0.4, -0.2) is 12.7 Å². The van der Waals surface area contributed by atoms with E-state index in [4.69, 9.17) is 0 Å². The lowest BCUT2D eigenvalue weighted by Gasteiger charge is -2.12. The molecule has 0 fully saturated rings. The summed E-state index contributed by atoms with van der Waals surface area (Å²) in [7, 11) is 0. The third-order valence-corrected chi connectivity index (χ3v) is 1.40. The van der Waals surface area contributed by atoms with Crippen LogP contribution in [0.3, 0.4) is 0 Å². The number of para-hydroxylation sites is 1. The number of hydrogen-bond acceptors (Lipinski definition) is 3. The molecule has 1 rings (SSSR count). The number of nitrogens with one attached hydrogen (secondary N) is 1. The molecule has 0 aliphatic rings. The molecule has 64 valence electrons. The van der Waals surface area contributed by atoms with Gasteiger partial charge in [0, 0.05) is 5.69 Å². The second kappa shape index (κ2) is 4.38. The predicted octanol–water partition coefficient (Wildman–Crippen LogP) is 1.62. The van der Waals surface area contributed by atoms with Gasteiger partial charge in [0.15, 0.2) is 6.23 Å². The molecular formula is C9H11NO2. The molecule has 1 unspecified atom stereocenters. The molecule has 3 heteroatoms. The number of rotatable bonds is 4. The SMILES string of the molecule is CC(Nc1ccccc1)OC=O. The summed E-state index contributed by atoms with van der Waals surface area (Å²) in [6, 6.07) is 9.57. The van der Waals surface area contributed by atoms with Gasteiger partial charge in [-0.05, 0) is 19.1 Å². The van der Waals surface area contributed by atoms with Crippen LogP contribution in [-0.2, 0) is 9.53 Å². The molecule has 0 saturated heterocycles. The van der Waals surface area contributed by atoms with Gasteiger partial charge in [-0.15, -0.1) is 0 Å². The van der Waals surface area contributed by atoms with Crippen LogP contribution in [0.4, 0.5) is 5.69 Å². The molecule has 12 heavy (non-hydrogen) atoms. The van der Waals surface area contributed by atoms with Crippen LogP contribution < -0.4 is 5.32 Å². The standard InChI is InChI=1S/C9H11NO2/c1-8(12-7-11)10-9-5-3-2-4-6-9/h2-8,10H,1H3. The number of anilines is 1. The Balaban J connectivity index is 2.46. The summed E-state index contributed by atoms with van der Waals surface area (Å²) in [5.41, 5.74) is 0.937. The minimum absolute atomic E-state index is 0.287. The summed E-state index contributed by atoms with van der Waals surface area (Å²) >= 11 is 0. The van der Waals surface area contributed by atoms with E-state index in [2.05, 4.69) is 10.1 Å². The molecule has 3 nitrogen and oxygen atoms in total. The van der Waals surface area contributed by atoms with E-state index in [1.807, 2.05) is 30.3 Å². The number of carbonyl (C=O) groups excluding carboxylic acids is 1. The smallest absolute Gasteiger partial charge is 0.294 e. The lowest BCUT2D eigenvalue weighted by molar-refractivity contribution is -0.131. The molecule has 0 saturated carbocycles. The topological polar surface area (TPSA) is 38.3 Å². The normalized spacial score (nSPS) is 11.8. The quantitative estimate of drug-likeness (QED) is 0.544. The molecule has 0 aromatic heterocycles.